The first-order valence-electron chi connectivity index (χ1n) is 20.8. The summed E-state index contributed by atoms with van der Waals surface area (Å²) in [7, 11) is 4.92. The summed E-state index contributed by atoms with van der Waals surface area (Å²) < 4.78 is 29.0. The fourth-order valence-corrected chi connectivity index (χ4v) is 8.17. The van der Waals surface area contributed by atoms with E-state index >= 15 is 0 Å². The van der Waals surface area contributed by atoms with Gasteiger partial charge in [-0.2, -0.15) is 0 Å². The zero-order chi connectivity index (χ0) is 42.7. The number of morpholine rings is 2. The van der Waals surface area contributed by atoms with Crippen LogP contribution < -0.4 is 31.3 Å². The van der Waals surface area contributed by atoms with E-state index in [9.17, 15) is 24.0 Å². The van der Waals surface area contributed by atoms with Crippen LogP contribution in [0, 0.1) is 0 Å². The van der Waals surface area contributed by atoms with Crippen LogP contribution in [-0.2, 0) is 14.2 Å². The van der Waals surface area contributed by atoms with Gasteiger partial charge in [0, 0.05) is 94.3 Å². The number of fused-ring (bicyclic) bond motifs is 2. The van der Waals surface area contributed by atoms with Crippen LogP contribution in [0.3, 0.4) is 0 Å². The third kappa shape index (κ3) is 9.30. The van der Waals surface area contributed by atoms with Crippen LogP contribution in [0.2, 0.25) is 0 Å². The molecule has 322 valence electrons. The molecule has 2 aromatic carbocycles. The Kier molecular flexibility index (Phi) is 12.8. The monoisotopic (exact) mass is 828 g/mol. The van der Waals surface area contributed by atoms with Crippen molar-refractivity contribution in [1.82, 2.24) is 20.4 Å². The number of anilines is 2. The Hall–Kier alpha value is -5.45. The van der Waals surface area contributed by atoms with Gasteiger partial charge in [-0.3, -0.25) is 19.2 Å². The summed E-state index contributed by atoms with van der Waals surface area (Å²) in [5.74, 6) is 0.609. The van der Waals surface area contributed by atoms with Crippen LogP contribution in [-0.4, -0.2) is 120 Å². The third-order valence-electron chi connectivity index (χ3n) is 11.2. The maximum atomic E-state index is 13.2. The number of hydrogen-bond donors (Lipinski definition) is 2. The second-order valence-electron chi connectivity index (χ2n) is 16.7. The fraction of sp³-hybridized carbons (Fsp3) is 0.523. The number of likely N-dealkylation sites (tertiary alicyclic amines) is 1. The van der Waals surface area contributed by atoms with Gasteiger partial charge in [0.05, 0.1) is 43.2 Å². The van der Waals surface area contributed by atoms with Crippen LogP contribution in [0.5, 0.6) is 0 Å². The fourth-order valence-electron chi connectivity index (χ4n) is 8.17. The van der Waals surface area contributed by atoms with E-state index in [4.69, 9.17) is 23.0 Å². The molecule has 4 aromatic rings. The van der Waals surface area contributed by atoms with Gasteiger partial charge >= 0.3 is 6.09 Å². The second kappa shape index (κ2) is 18.0. The van der Waals surface area contributed by atoms with Crippen LogP contribution in [0.1, 0.15) is 90.4 Å². The Labute approximate surface area is 348 Å². The molecular weight excluding hydrogens is 773 g/mol. The topological polar surface area (TPSA) is 176 Å². The van der Waals surface area contributed by atoms with Gasteiger partial charge in [0.1, 0.15) is 16.8 Å². The zero-order valence-electron chi connectivity index (χ0n) is 35.4. The maximum Gasteiger partial charge on any atom is 0.410 e. The molecule has 0 spiro atoms. The lowest BCUT2D eigenvalue weighted by Crippen LogP contribution is -2.37. The minimum absolute atomic E-state index is 0.0881. The van der Waals surface area contributed by atoms with Crippen molar-refractivity contribution in [3.05, 3.63) is 79.1 Å². The van der Waals surface area contributed by atoms with E-state index < -0.39 is 11.7 Å². The summed E-state index contributed by atoms with van der Waals surface area (Å²) in [4.78, 5) is 71.2. The first kappa shape index (κ1) is 42.7. The first-order chi connectivity index (χ1) is 28.7. The molecule has 6 heterocycles. The van der Waals surface area contributed by atoms with E-state index in [2.05, 4.69) is 10.6 Å². The predicted molar refractivity (Wildman–Crippen MR) is 227 cm³/mol. The van der Waals surface area contributed by atoms with Gasteiger partial charge in [-0.1, -0.05) is 0 Å². The van der Waals surface area contributed by atoms with Gasteiger partial charge in [-0.05, 0) is 77.3 Å². The molecule has 4 aliphatic heterocycles. The van der Waals surface area contributed by atoms with E-state index in [1.807, 2.05) is 36.6 Å². The minimum atomic E-state index is -0.634. The molecule has 3 amide bonds. The lowest BCUT2D eigenvalue weighted by atomic mass is 9.97. The van der Waals surface area contributed by atoms with Crippen molar-refractivity contribution in [2.75, 3.05) is 96.6 Å². The predicted octanol–water partition coefficient (Wildman–Crippen LogP) is 4.82. The Bertz CT molecular complexity index is 2350. The van der Waals surface area contributed by atoms with Gasteiger partial charge in [0.2, 0.25) is 0 Å². The normalized spacial score (nSPS) is 19.6. The van der Waals surface area contributed by atoms with Crippen molar-refractivity contribution in [3.63, 3.8) is 0 Å². The summed E-state index contributed by atoms with van der Waals surface area (Å²) in [6.07, 6.45) is 3.06. The molecule has 0 aliphatic carbocycles. The molecule has 16 nitrogen and oxygen atoms in total. The van der Waals surface area contributed by atoms with Gasteiger partial charge in [0.25, 0.3) is 11.8 Å². The van der Waals surface area contributed by atoms with Crippen LogP contribution >= 0.6 is 0 Å². The number of benzene rings is 2. The highest BCUT2D eigenvalue weighted by molar-refractivity contribution is 5.99. The molecule has 2 atom stereocenters. The van der Waals surface area contributed by atoms with Gasteiger partial charge in [-0.15, -0.1) is 0 Å². The average Bonchev–Trinajstić information content (AvgIpc) is 3.97. The molecule has 4 aliphatic rings. The molecule has 4 fully saturated rings. The number of nitrogens with zero attached hydrogens (tertiary/aromatic N) is 4. The van der Waals surface area contributed by atoms with Crippen LogP contribution in [0.25, 0.3) is 21.9 Å². The molecular formula is C44H56N6O10. The van der Waals surface area contributed by atoms with Crippen molar-refractivity contribution in [2.24, 2.45) is 0 Å². The van der Waals surface area contributed by atoms with E-state index in [0.29, 0.717) is 116 Å². The quantitative estimate of drug-likeness (QED) is 0.271. The zero-order valence-corrected chi connectivity index (χ0v) is 35.4. The van der Waals surface area contributed by atoms with Gasteiger partial charge in [0.15, 0.2) is 22.6 Å². The van der Waals surface area contributed by atoms with Crippen molar-refractivity contribution >= 4 is 51.6 Å². The molecule has 2 unspecified atom stereocenters. The highest BCUT2D eigenvalue weighted by Crippen LogP contribution is 2.39. The van der Waals surface area contributed by atoms with E-state index in [-0.39, 0.29) is 34.8 Å². The minimum Gasteiger partial charge on any atom is -0.444 e. The molecule has 4 saturated heterocycles. The summed E-state index contributed by atoms with van der Waals surface area (Å²) in [5, 5.41) is 6.85. The van der Waals surface area contributed by atoms with E-state index in [1.54, 1.807) is 44.2 Å². The molecule has 0 saturated carbocycles. The maximum absolute atomic E-state index is 13.2. The molecule has 2 aromatic heterocycles. The number of rotatable bonds is 6. The molecule has 60 heavy (non-hydrogen) atoms. The largest absolute Gasteiger partial charge is 0.444 e. The summed E-state index contributed by atoms with van der Waals surface area (Å²) in [6, 6.07) is 9.53. The van der Waals surface area contributed by atoms with Crippen LogP contribution in [0.15, 0.2) is 54.8 Å². The summed E-state index contributed by atoms with van der Waals surface area (Å²) >= 11 is 0. The number of carbonyl (C=O) groups excluding carboxylic acids is 3. The number of hydrogen-bond acceptors (Lipinski definition) is 13. The first-order valence-corrected chi connectivity index (χ1v) is 20.8. The van der Waals surface area contributed by atoms with Crippen molar-refractivity contribution < 1.29 is 37.4 Å². The molecule has 0 radical (unpaired) electrons. The standard InChI is InChI=1S/C25H33N3O6.C19H23N3O4/c1-25(2,3)34-24(31)28-8-6-7-19(28)17-13-16(23(30)26(4)5)14-18-20(29)15-21(33-22(17)18)27-9-11-32-12-10-27;1-20-19(24)12-9-13(15-3-2-4-21-15)18-14(10-12)16(23)11-17(26-18)22-5-7-25-8-6-22/h13-15,19H,6-12H2,1-5H3;9-11,15,21H,2-8H2,1H3,(H,20,24). The highest BCUT2D eigenvalue weighted by Gasteiger charge is 2.36. The molecule has 8 rings (SSSR count). The van der Waals surface area contributed by atoms with E-state index in [1.165, 1.54) is 17.0 Å². The number of amides is 3. The van der Waals surface area contributed by atoms with Crippen molar-refractivity contribution in [1.29, 1.82) is 0 Å². The van der Waals surface area contributed by atoms with Crippen molar-refractivity contribution in [2.45, 2.75) is 64.1 Å². The number of ether oxygens (including phenoxy) is 3. The number of nitrogens with one attached hydrogen (secondary N) is 2. The Balaban J connectivity index is 0.000000188. The van der Waals surface area contributed by atoms with Crippen molar-refractivity contribution in [3.8, 4) is 0 Å². The number of carbonyl (C=O) groups is 3. The highest BCUT2D eigenvalue weighted by atomic mass is 16.6. The third-order valence-corrected chi connectivity index (χ3v) is 11.2. The average molecular weight is 829 g/mol. The Morgan fingerprint density at radius 3 is 1.82 bits per heavy atom. The van der Waals surface area contributed by atoms with Gasteiger partial charge in [-0.25, -0.2) is 4.79 Å². The lowest BCUT2D eigenvalue weighted by molar-refractivity contribution is 0.0225. The Morgan fingerprint density at radius 2 is 1.30 bits per heavy atom. The molecule has 0 bridgehead atoms. The van der Waals surface area contributed by atoms with Gasteiger partial charge < -0.3 is 53.3 Å². The summed E-state index contributed by atoms with van der Waals surface area (Å²) in [5.41, 5.74) is 2.40. The molecule has 2 N–H and O–H groups in total. The summed E-state index contributed by atoms with van der Waals surface area (Å²) in [6.45, 7) is 11.9. The SMILES string of the molecule is CN(C)C(=O)c1cc(C2CCCN2C(=O)OC(C)(C)C)c2oc(N3CCOCC3)cc(=O)c2c1.CNC(=O)c1cc(C2CCCN2)c2oc(N3CCOCC3)cc(=O)c2c1. The Morgan fingerprint density at radius 1 is 0.750 bits per heavy atom. The molecule has 16 heteroatoms. The van der Waals surface area contributed by atoms with E-state index in [0.717, 1.165) is 31.4 Å². The lowest BCUT2D eigenvalue weighted by Gasteiger charge is -2.30. The smallest absolute Gasteiger partial charge is 0.410 e. The second-order valence-corrected chi connectivity index (χ2v) is 16.7. The van der Waals surface area contributed by atoms with Crippen LogP contribution in [0.4, 0.5) is 16.6 Å².